The molecule has 0 unspecified atom stereocenters. The third kappa shape index (κ3) is 6.75. The highest BCUT2D eigenvalue weighted by Gasteiger charge is 2.15. The van der Waals surface area contributed by atoms with Gasteiger partial charge in [-0.25, -0.2) is 4.79 Å². The van der Waals surface area contributed by atoms with Gasteiger partial charge in [-0.15, -0.1) is 6.58 Å². The summed E-state index contributed by atoms with van der Waals surface area (Å²) in [5.41, 5.74) is 2.64. The number of methoxy groups -OCH3 is 1. The van der Waals surface area contributed by atoms with Crippen LogP contribution < -0.4 is 14.8 Å². The average Bonchev–Trinajstić information content (AvgIpc) is 2.86. The van der Waals surface area contributed by atoms with Crippen LogP contribution in [-0.2, 0) is 17.8 Å². The molecule has 0 aliphatic carbocycles. The smallest absolute Gasteiger partial charge is 0.335 e. The monoisotopic (exact) mass is 502 g/mol. The second-order valence-corrected chi connectivity index (χ2v) is 8.07. The Hall–Kier alpha value is -4.54. The number of hydrogen-bond donors (Lipinski definition) is 2. The Bertz CT molecular complexity index is 1360. The first kappa shape index (κ1) is 26.1. The molecule has 2 N–H and O–H groups in total. The number of anilines is 1. The Kier molecular flexibility index (Phi) is 8.87. The van der Waals surface area contributed by atoms with E-state index in [1.807, 2.05) is 6.07 Å². The van der Waals surface area contributed by atoms with Crippen molar-refractivity contribution in [1.29, 1.82) is 5.26 Å². The molecule has 0 fully saturated rings. The number of amides is 1. The Balaban J connectivity index is 1.87. The lowest BCUT2D eigenvalue weighted by Gasteiger charge is -2.16. The van der Waals surface area contributed by atoms with Crippen LogP contribution in [0, 0.1) is 11.3 Å². The predicted octanol–water partition coefficient (Wildman–Crippen LogP) is 5.90. The zero-order chi connectivity index (χ0) is 26.1. The van der Waals surface area contributed by atoms with Gasteiger partial charge in [0.15, 0.2) is 11.5 Å². The number of carbonyl (C=O) groups is 2. The number of benzene rings is 3. The van der Waals surface area contributed by atoms with E-state index in [0.717, 1.165) is 11.1 Å². The van der Waals surface area contributed by atoms with E-state index in [0.29, 0.717) is 34.2 Å². The van der Waals surface area contributed by atoms with Crippen molar-refractivity contribution < 1.29 is 24.2 Å². The molecule has 0 bridgehead atoms. The summed E-state index contributed by atoms with van der Waals surface area (Å²) < 4.78 is 11.6. The molecule has 0 heterocycles. The zero-order valence-corrected chi connectivity index (χ0v) is 20.2. The van der Waals surface area contributed by atoms with Crippen molar-refractivity contribution in [3.05, 3.63) is 106 Å². The third-order valence-corrected chi connectivity index (χ3v) is 5.32. The van der Waals surface area contributed by atoms with Gasteiger partial charge in [0.25, 0.3) is 5.91 Å². The van der Waals surface area contributed by atoms with Gasteiger partial charge >= 0.3 is 5.97 Å². The van der Waals surface area contributed by atoms with Crippen molar-refractivity contribution in [3.63, 3.8) is 0 Å². The van der Waals surface area contributed by atoms with E-state index in [9.17, 15) is 14.9 Å². The molecule has 0 saturated heterocycles. The first-order chi connectivity index (χ1) is 17.3. The van der Waals surface area contributed by atoms with Gasteiger partial charge in [0.05, 0.1) is 12.7 Å². The van der Waals surface area contributed by atoms with Crippen LogP contribution in [0.4, 0.5) is 5.69 Å². The molecule has 3 aromatic carbocycles. The van der Waals surface area contributed by atoms with Crippen molar-refractivity contribution in [3.8, 4) is 17.6 Å². The summed E-state index contributed by atoms with van der Waals surface area (Å²) in [5.74, 6) is -0.679. The summed E-state index contributed by atoms with van der Waals surface area (Å²) in [6, 6.07) is 18.4. The quantitative estimate of drug-likeness (QED) is 0.203. The highest BCUT2D eigenvalue weighted by molar-refractivity contribution is 6.31. The van der Waals surface area contributed by atoms with Crippen molar-refractivity contribution in [2.45, 2.75) is 13.0 Å². The number of nitrogens with one attached hydrogen (secondary N) is 1. The molecule has 0 aromatic heterocycles. The number of ether oxygens (including phenoxy) is 2. The molecule has 0 spiro atoms. The predicted molar refractivity (Wildman–Crippen MR) is 138 cm³/mol. The number of carboxylic acid groups (broad SMARTS) is 1. The Morgan fingerprint density at radius 2 is 1.92 bits per heavy atom. The Morgan fingerprint density at radius 3 is 2.53 bits per heavy atom. The van der Waals surface area contributed by atoms with Crippen molar-refractivity contribution in [2.75, 3.05) is 12.4 Å². The summed E-state index contributed by atoms with van der Waals surface area (Å²) in [6.45, 7) is 3.97. The van der Waals surface area contributed by atoms with Crippen molar-refractivity contribution >= 4 is 35.2 Å². The summed E-state index contributed by atoms with van der Waals surface area (Å²) in [5, 5.41) is 21.8. The molecule has 7 nitrogen and oxygen atoms in total. The third-order valence-electron chi connectivity index (χ3n) is 5.08. The molecule has 8 heteroatoms. The van der Waals surface area contributed by atoms with Crippen molar-refractivity contribution in [2.24, 2.45) is 0 Å². The van der Waals surface area contributed by atoms with E-state index in [1.54, 1.807) is 54.6 Å². The molecule has 36 heavy (non-hydrogen) atoms. The largest absolute Gasteiger partial charge is 0.493 e. The first-order valence-corrected chi connectivity index (χ1v) is 11.2. The number of allylic oxidation sites excluding steroid dienone is 1. The Labute approximate surface area is 213 Å². The van der Waals surface area contributed by atoms with Crippen LogP contribution >= 0.6 is 11.6 Å². The van der Waals surface area contributed by atoms with Gasteiger partial charge in [-0.2, -0.15) is 5.26 Å². The second-order valence-electron chi connectivity index (χ2n) is 7.63. The van der Waals surface area contributed by atoms with Crippen LogP contribution in [-0.4, -0.2) is 24.1 Å². The van der Waals surface area contributed by atoms with E-state index < -0.39 is 11.9 Å². The molecule has 0 aliphatic heterocycles. The maximum absolute atomic E-state index is 12.7. The van der Waals surface area contributed by atoms with E-state index in [4.69, 9.17) is 26.2 Å². The fourth-order valence-corrected chi connectivity index (χ4v) is 3.56. The number of hydrogen-bond acceptors (Lipinski definition) is 5. The lowest BCUT2D eigenvalue weighted by Crippen LogP contribution is -2.13. The molecule has 1 amide bonds. The van der Waals surface area contributed by atoms with Gasteiger partial charge in [-0.3, -0.25) is 4.79 Å². The van der Waals surface area contributed by atoms with E-state index in [-0.39, 0.29) is 17.7 Å². The summed E-state index contributed by atoms with van der Waals surface area (Å²) in [4.78, 5) is 23.7. The van der Waals surface area contributed by atoms with Crippen LogP contribution in [0.3, 0.4) is 0 Å². The SMILES string of the molecule is C=CCc1cc(/C=C(\C#N)C(=O)Nc2cccc(Cl)c2)cc(OC)c1OCc1ccc(C(=O)O)cc1. The standard InChI is InChI=1S/C28H23ClN2O5/c1-3-5-21-12-19(13-22(16-30)27(32)31-24-7-4-6-23(29)15-24)14-25(35-2)26(21)36-17-18-8-10-20(11-9-18)28(33)34/h3-4,6-15H,1,5,17H2,2H3,(H,31,32)(H,33,34)/b22-13+. The highest BCUT2D eigenvalue weighted by atomic mass is 35.5. The number of nitrogens with zero attached hydrogens (tertiary/aromatic N) is 1. The average molecular weight is 503 g/mol. The van der Waals surface area contributed by atoms with Crippen molar-refractivity contribution in [1.82, 2.24) is 0 Å². The number of rotatable bonds is 10. The maximum Gasteiger partial charge on any atom is 0.335 e. The minimum atomic E-state index is -1.00. The van der Waals surface area contributed by atoms with Gasteiger partial charge in [0.2, 0.25) is 0 Å². The number of halogens is 1. The first-order valence-electron chi connectivity index (χ1n) is 10.8. The molecule has 3 rings (SSSR count). The van der Waals surface area contributed by atoms with E-state index in [1.165, 1.54) is 25.3 Å². The van der Waals surface area contributed by atoms with E-state index in [2.05, 4.69) is 11.9 Å². The van der Waals surface area contributed by atoms with Gasteiger partial charge in [0, 0.05) is 16.3 Å². The van der Waals surface area contributed by atoms with Gasteiger partial charge in [-0.1, -0.05) is 35.9 Å². The summed E-state index contributed by atoms with van der Waals surface area (Å²) in [6.07, 6.45) is 3.61. The minimum Gasteiger partial charge on any atom is -0.493 e. The Morgan fingerprint density at radius 1 is 1.17 bits per heavy atom. The molecule has 3 aromatic rings. The van der Waals surface area contributed by atoms with Gasteiger partial charge in [0.1, 0.15) is 18.2 Å². The number of carboxylic acids is 1. The van der Waals surface area contributed by atoms with Crippen LogP contribution in [0.2, 0.25) is 5.02 Å². The van der Waals surface area contributed by atoms with Crippen LogP contribution in [0.25, 0.3) is 6.08 Å². The zero-order valence-electron chi connectivity index (χ0n) is 19.5. The van der Waals surface area contributed by atoms with Gasteiger partial charge in [-0.05, 0) is 66.1 Å². The van der Waals surface area contributed by atoms with Crippen LogP contribution in [0.5, 0.6) is 11.5 Å². The fraction of sp³-hybridized carbons (Fsp3) is 0.107. The van der Waals surface area contributed by atoms with Crippen LogP contribution in [0.1, 0.15) is 27.0 Å². The molecular formula is C28H23ClN2O5. The molecule has 0 atom stereocenters. The molecular weight excluding hydrogens is 480 g/mol. The minimum absolute atomic E-state index is 0.103. The highest BCUT2D eigenvalue weighted by Crippen LogP contribution is 2.35. The normalized spacial score (nSPS) is 10.8. The molecule has 182 valence electrons. The van der Waals surface area contributed by atoms with Crippen LogP contribution in [0.15, 0.2) is 78.9 Å². The number of carbonyl (C=O) groups excluding carboxylic acids is 1. The molecule has 0 radical (unpaired) electrons. The number of nitriles is 1. The summed E-state index contributed by atoms with van der Waals surface area (Å²) >= 11 is 5.96. The molecule has 0 aliphatic rings. The fourth-order valence-electron chi connectivity index (χ4n) is 3.37. The molecule has 0 saturated carbocycles. The summed E-state index contributed by atoms with van der Waals surface area (Å²) in [7, 11) is 1.49. The topological polar surface area (TPSA) is 109 Å². The second kappa shape index (κ2) is 12.2. The maximum atomic E-state index is 12.7. The van der Waals surface area contributed by atoms with Gasteiger partial charge < -0.3 is 19.9 Å². The lowest BCUT2D eigenvalue weighted by molar-refractivity contribution is -0.112. The van der Waals surface area contributed by atoms with E-state index >= 15 is 0 Å². The number of aromatic carboxylic acids is 1. The lowest BCUT2D eigenvalue weighted by atomic mass is 10.0.